The van der Waals surface area contributed by atoms with Crippen molar-refractivity contribution in [2.45, 2.75) is 96.8 Å². The maximum atomic E-state index is 8.70. The van der Waals surface area contributed by atoms with Gasteiger partial charge in [0, 0.05) is 6.61 Å². The van der Waals surface area contributed by atoms with Crippen molar-refractivity contribution in [3.63, 3.8) is 0 Å². The van der Waals surface area contributed by atoms with Crippen LogP contribution in [0.4, 0.5) is 0 Å². The molecule has 1 unspecified atom stereocenters. The lowest BCUT2D eigenvalue weighted by atomic mass is 10.1. The summed E-state index contributed by atoms with van der Waals surface area (Å²) in [5.41, 5.74) is 0. The number of rotatable bonds is 17. The predicted octanol–water partition coefficient (Wildman–Crippen LogP) is 6.16. The fourth-order valence-electron chi connectivity index (χ4n) is 2.67. The van der Waals surface area contributed by atoms with Gasteiger partial charge in [0.25, 0.3) is 0 Å². The third kappa shape index (κ3) is 18.1. The van der Waals surface area contributed by atoms with Gasteiger partial charge in [-0.2, -0.15) is 10.5 Å². The van der Waals surface area contributed by atoms with E-state index in [1.165, 1.54) is 95.0 Å². The van der Waals surface area contributed by atoms with Crippen LogP contribution in [0.1, 0.15) is 96.8 Å². The van der Waals surface area contributed by atoms with Crippen molar-refractivity contribution < 1.29 is 5.11 Å². The molecule has 0 fully saturated rings. The largest absolute Gasteiger partial charge is 0.396 e. The van der Waals surface area contributed by atoms with E-state index in [9.17, 15) is 0 Å². The van der Waals surface area contributed by atoms with E-state index in [2.05, 4.69) is 12.8 Å². The summed E-state index contributed by atoms with van der Waals surface area (Å²) in [6.07, 6.45) is 18.9. The molecule has 0 spiro atoms. The van der Waals surface area contributed by atoms with Crippen LogP contribution in [0.2, 0.25) is 0 Å². The van der Waals surface area contributed by atoms with Crippen LogP contribution in [0.25, 0.3) is 0 Å². The number of aliphatic hydroxyl groups is 1. The maximum Gasteiger partial charge on any atom is 0.0431 e. The van der Waals surface area contributed by atoms with E-state index in [1.807, 2.05) is 0 Å². The Bertz CT molecular complexity index is 216. The van der Waals surface area contributed by atoms with Gasteiger partial charge in [0.2, 0.25) is 0 Å². The Hall–Kier alpha value is 0.180. The third-order valence-electron chi connectivity index (χ3n) is 4.13. The lowest BCUT2D eigenvalue weighted by Crippen LogP contribution is -1.90. The molecule has 0 saturated carbocycles. The van der Waals surface area contributed by atoms with Crippen molar-refractivity contribution in [3.8, 4) is 0 Å². The van der Waals surface area contributed by atoms with Gasteiger partial charge in [-0.3, -0.25) is 0 Å². The van der Waals surface area contributed by atoms with E-state index in [-0.39, 0.29) is 0 Å². The summed E-state index contributed by atoms with van der Waals surface area (Å²) < 4.78 is 0. The molecular weight excluding hydrogens is 276 g/mol. The van der Waals surface area contributed by atoms with Gasteiger partial charge in [0.15, 0.2) is 0 Å². The summed E-state index contributed by atoms with van der Waals surface area (Å²) >= 11 is 0. The number of aliphatic hydroxyl groups excluding tert-OH is 1. The third-order valence-corrected chi connectivity index (χ3v) is 5.86. The fourth-order valence-corrected chi connectivity index (χ4v) is 4.10. The molecule has 1 N–H and O–H groups in total. The molecule has 0 rings (SSSR count). The fraction of sp³-hybridized carbons (Fsp3) is 0.947. The molecule has 0 aliphatic heterocycles. The van der Waals surface area contributed by atoms with Gasteiger partial charge in [-0.15, -0.1) is 0 Å². The van der Waals surface area contributed by atoms with E-state index >= 15 is 0 Å². The molecule has 0 radical (unpaired) electrons. The van der Waals surface area contributed by atoms with Gasteiger partial charge in [0.1, 0.15) is 0 Å². The summed E-state index contributed by atoms with van der Waals surface area (Å²) in [5.74, 6) is 7.07. The van der Waals surface area contributed by atoms with Crippen LogP contribution in [0.3, 0.4) is 0 Å². The minimum atomic E-state index is 0.367. The molecule has 128 valence electrons. The number of hydrogen-bond donors (Lipinski definition) is 1. The molecular formula is C19H40OS. The zero-order valence-corrected chi connectivity index (χ0v) is 15.4. The summed E-state index contributed by atoms with van der Waals surface area (Å²) in [7, 11) is 0.438. The van der Waals surface area contributed by atoms with Gasteiger partial charge in [-0.25, -0.2) is 0 Å². The highest BCUT2D eigenvalue weighted by Crippen LogP contribution is 2.17. The summed E-state index contributed by atoms with van der Waals surface area (Å²) in [6.45, 7) is 2.65. The zero-order valence-electron chi connectivity index (χ0n) is 14.6. The number of hydrogen-bond acceptors (Lipinski definition) is 1. The molecule has 21 heavy (non-hydrogen) atoms. The van der Waals surface area contributed by atoms with Crippen LogP contribution in [0, 0.1) is 0 Å². The van der Waals surface area contributed by atoms with E-state index < -0.39 is 0 Å². The summed E-state index contributed by atoms with van der Waals surface area (Å²) in [6, 6.07) is 0. The lowest BCUT2D eigenvalue weighted by Gasteiger charge is -2.07. The van der Waals surface area contributed by atoms with Gasteiger partial charge in [-0.05, 0) is 30.8 Å². The van der Waals surface area contributed by atoms with Gasteiger partial charge in [0.05, 0.1) is 0 Å². The highest BCUT2D eigenvalue weighted by atomic mass is 32.2. The second-order valence-corrected chi connectivity index (χ2v) is 8.38. The Labute approximate surface area is 136 Å². The Balaban J connectivity index is 3.11. The summed E-state index contributed by atoms with van der Waals surface area (Å²) in [4.78, 5) is 0. The zero-order chi connectivity index (χ0) is 15.6. The summed E-state index contributed by atoms with van der Waals surface area (Å²) in [5, 5.41) is 8.70. The second-order valence-electron chi connectivity index (χ2n) is 6.34. The minimum absolute atomic E-state index is 0.367. The van der Waals surface area contributed by atoms with E-state index in [1.54, 1.807) is 0 Å². The van der Waals surface area contributed by atoms with Gasteiger partial charge in [-0.1, -0.05) is 83.4 Å². The predicted molar refractivity (Wildman–Crippen MR) is 102 cm³/mol. The molecule has 1 atom stereocenters. The lowest BCUT2D eigenvalue weighted by molar-refractivity contribution is 0.282. The first-order valence-electron chi connectivity index (χ1n) is 9.39. The highest BCUT2D eigenvalue weighted by molar-refractivity contribution is 8.14. The molecule has 2 heteroatoms. The van der Waals surface area contributed by atoms with Gasteiger partial charge < -0.3 is 5.11 Å². The van der Waals surface area contributed by atoms with Crippen LogP contribution in [-0.2, 0) is 0 Å². The van der Waals surface area contributed by atoms with Crippen molar-refractivity contribution in [3.05, 3.63) is 0 Å². The monoisotopic (exact) mass is 316 g/mol. The molecule has 0 aromatic rings. The van der Waals surface area contributed by atoms with Crippen molar-refractivity contribution in [2.24, 2.45) is 0 Å². The molecule has 0 aliphatic rings. The average Bonchev–Trinajstić information content (AvgIpc) is 2.49. The Morgan fingerprint density at radius 3 is 1.43 bits per heavy atom. The molecule has 0 aromatic heterocycles. The van der Waals surface area contributed by atoms with Crippen molar-refractivity contribution >= 4 is 16.4 Å². The molecule has 1 nitrogen and oxygen atoms in total. The molecule has 0 aliphatic carbocycles. The first-order chi connectivity index (χ1) is 10.3. The van der Waals surface area contributed by atoms with Crippen LogP contribution < -0.4 is 0 Å². The van der Waals surface area contributed by atoms with Crippen LogP contribution in [0.15, 0.2) is 0 Å². The molecule has 0 amide bonds. The van der Waals surface area contributed by atoms with Crippen molar-refractivity contribution in [1.82, 2.24) is 0 Å². The van der Waals surface area contributed by atoms with Gasteiger partial charge >= 0.3 is 0 Å². The molecule has 0 heterocycles. The second kappa shape index (κ2) is 18.2. The quantitative estimate of drug-likeness (QED) is 0.252. The van der Waals surface area contributed by atoms with Crippen LogP contribution in [0.5, 0.6) is 0 Å². The van der Waals surface area contributed by atoms with Crippen molar-refractivity contribution in [1.29, 1.82) is 0 Å². The highest BCUT2D eigenvalue weighted by Gasteiger charge is 1.96. The average molecular weight is 317 g/mol. The maximum absolute atomic E-state index is 8.70. The Morgan fingerprint density at radius 1 is 0.619 bits per heavy atom. The first kappa shape index (κ1) is 21.2. The molecule has 0 aromatic carbocycles. The van der Waals surface area contributed by atoms with Crippen molar-refractivity contribution in [2.75, 3.05) is 18.1 Å². The topological polar surface area (TPSA) is 20.2 Å². The van der Waals surface area contributed by atoms with Crippen LogP contribution in [-0.4, -0.2) is 29.1 Å². The first-order valence-corrected chi connectivity index (χ1v) is 11.1. The molecule has 0 saturated heterocycles. The normalized spacial score (nSPS) is 12.7. The standard InChI is InChI=1S/C19H40OS/c1-3-4-5-12-15-18-21(2)19-16-13-10-8-6-7-9-11-14-17-20/h20H,2-19H2,1H3. The van der Waals surface area contributed by atoms with E-state index in [0.29, 0.717) is 17.1 Å². The number of unbranched alkanes of at least 4 members (excludes halogenated alkanes) is 12. The van der Waals surface area contributed by atoms with E-state index in [0.717, 1.165) is 6.42 Å². The Kier molecular flexibility index (Phi) is 18.4. The van der Waals surface area contributed by atoms with E-state index in [4.69, 9.17) is 5.11 Å². The molecule has 0 bridgehead atoms. The smallest absolute Gasteiger partial charge is 0.0431 e. The minimum Gasteiger partial charge on any atom is -0.396 e. The van der Waals surface area contributed by atoms with Crippen LogP contribution >= 0.6 is 10.5 Å². The Morgan fingerprint density at radius 2 is 1.00 bits per heavy atom. The SMILES string of the molecule is C=S(CCCCCCC)CCCCCCCCCCCO.